The van der Waals surface area contributed by atoms with Crippen LogP contribution in [0.2, 0.25) is 0 Å². The lowest BCUT2D eigenvalue weighted by Gasteiger charge is -2.18. The first-order valence-electron chi connectivity index (χ1n) is 11.1. The maximum atomic E-state index is 14.6. The summed E-state index contributed by atoms with van der Waals surface area (Å²) < 4.78 is 32.1. The average molecular weight is 499 g/mol. The second kappa shape index (κ2) is 9.37. The fraction of sp³-hybridized carbons (Fsp3) is 0.364. The molecule has 2 aliphatic heterocycles. The van der Waals surface area contributed by atoms with Crippen molar-refractivity contribution in [2.75, 3.05) is 43.1 Å². The number of cyclic esters (lactones) is 1. The molecule has 188 valence electrons. The molecule has 2 aliphatic rings. The van der Waals surface area contributed by atoms with Crippen LogP contribution < -0.4 is 30.6 Å². The van der Waals surface area contributed by atoms with E-state index >= 15 is 0 Å². The van der Waals surface area contributed by atoms with Crippen LogP contribution in [0.15, 0.2) is 23.3 Å². The summed E-state index contributed by atoms with van der Waals surface area (Å²) in [6.45, 7) is 2.49. The van der Waals surface area contributed by atoms with E-state index in [-0.39, 0.29) is 60.0 Å². The number of nitrogens with one attached hydrogen (secondary N) is 2. The van der Waals surface area contributed by atoms with Gasteiger partial charge in [-0.2, -0.15) is 0 Å². The Hall–Kier alpha value is -4.33. The third kappa shape index (κ3) is 4.37. The Morgan fingerprint density at radius 1 is 1.28 bits per heavy atom. The van der Waals surface area contributed by atoms with Gasteiger partial charge in [0.15, 0.2) is 29.8 Å². The SMILES string of the molecule is Cc1cc(F)c(OCCNC[C@H]2CN(c3cnc4c(n3)NC(=O)CO4)C(=O)O2)c2c1ncc(=O)n2C. The number of hydrogen-bond acceptors (Lipinski definition) is 10. The molecular formula is C22H22FN7O6. The fourth-order valence-electron chi connectivity index (χ4n) is 3.95. The Bertz CT molecular complexity index is 1430. The Kier molecular flexibility index (Phi) is 6.10. The molecular weight excluding hydrogens is 477 g/mol. The maximum absolute atomic E-state index is 14.6. The first-order valence-corrected chi connectivity index (χ1v) is 11.1. The third-order valence-corrected chi connectivity index (χ3v) is 5.72. The predicted octanol–water partition coefficient (Wildman–Crippen LogP) is 0.496. The van der Waals surface area contributed by atoms with Crippen molar-refractivity contribution >= 4 is 34.7 Å². The number of hydrogen-bond donors (Lipinski definition) is 2. The summed E-state index contributed by atoms with van der Waals surface area (Å²) in [5.41, 5.74) is 0.986. The van der Waals surface area contributed by atoms with Gasteiger partial charge < -0.3 is 29.4 Å². The number of anilines is 2. The summed E-state index contributed by atoms with van der Waals surface area (Å²) in [5, 5.41) is 5.65. The van der Waals surface area contributed by atoms with Gasteiger partial charge in [0.05, 0.1) is 24.5 Å². The molecule has 0 radical (unpaired) electrons. The number of carbonyl (C=O) groups excluding carboxylic acids is 2. The molecule has 1 saturated heterocycles. The van der Waals surface area contributed by atoms with Crippen LogP contribution in [0.3, 0.4) is 0 Å². The van der Waals surface area contributed by atoms with Crippen molar-refractivity contribution in [2.45, 2.75) is 13.0 Å². The number of halogens is 1. The molecule has 2 N–H and O–H groups in total. The quantitative estimate of drug-likeness (QED) is 0.440. The predicted molar refractivity (Wildman–Crippen MR) is 124 cm³/mol. The van der Waals surface area contributed by atoms with Gasteiger partial charge in [0.2, 0.25) is 0 Å². The van der Waals surface area contributed by atoms with Crippen LogP contribution in [0.1, 0.15) is 5.56 Å². The minimum absolute atomic E-state index is 0.0503. The molecule has 0 spiro atoms. The standard InChI is InChI=1S/C22H22FN7O6/c1-11-5-13(23)19(18-17(11)25-8-16(32)29(18)2)34-4-3-24-6-12-9-30(22(33)36-12)14-7-26-21-20(27-14)28-15(31)10-35-21/h5,7-8,12,24H,3-4,6,9-10H2,1-2H3,(H,27,28,31)/t12-/m0/s1. The third-order valence-electron chi connectivity index (χ3n) is 5.72. The summed E-state index contributed by atoms with van der Waals surface area (Å²) in [6, 6.07) is 1.32. The van der Waals surface area contributed by atoms with Crippen LogP contribution in [0.4, 0.5) is 20.8 Å². The zero-order valence-electron chi connectivity index (χ0n) is 19.4. The van der Waals surface area contributed by atoms with Crippen LogP contribution in [0, 0.1) is 12.7 Å². The minimum Gasteiger partial charge on any atom is -0.487 e. The van der Waals surface area contributed by atoms with Crippen molar-refractivity contribution in [1.82, 2.24) is 24.8 Å². The highest BCUT2D eigenvalue weighted by atomic mass is 19.1. The van der Waals surface area contributed by atoms with Gasteiger partial charge in [0, 0.05) is 20.1 Å². The van der Waals surface area contributed by atoms with E-state index in [9.17, 15) is 18.8 Å². The second-order valence-electron chi connectivity index (χ2n) is 8.24. The molecule has 0 aliphatic carbocycles. The van der Waals surface area contributed by atoms with Gasteiger partial charge in [-0.3, -0.25) is 14.5 Å². The molecule has 3 aromatic rings. The minimum atomic E-state index is -0.600. The van der Waals surface area contributed by atoms with Gasteiger partial charge in [0.1, 0.15) is 18.2 Å². The highest BCUT2D eigenvalue weighted by Crippen LogP contribution is 2.29. The average Bonchev–Trinajstić information content (AvgIpc) is 3.22. The van der Waals surface area contributed by atoms with E-state index in [0.717, 1.165) is 0 Å². The highest BCUT2D eigenvalue weighted by Gasteiger charge is 2.34. The summed E-state index contributed by atoms with van der Waals surface area (Å²) in [4.78, 5) is 49.6. The number of aromatic nitrogens is 4. The van der Waals surface area contributed by atoms with Crippen LogP contribution in [0.5, 0.6) is 11.6 Å². The van der Waals surface area contributed by atoms with E-state index in [1.54, 1.807) is 6.92 Å². The lowest BCUT2D eigenvalue weighted by atomic mass is 10.1. The number of ether oxygens (including phenoxy) is 3. The van der Waals surface area contributed by atoms with Gasteiger partial charge in [-0.05, 0) is 18.6 Å². The molecule has 0 saturated carbocycles. The molecule has 5 rings (SSSR count). The molecule has 2 aromatic heterocycles. The van der Waals surface area contributed by atoms with E-state index < -0.39 is 18.0 Å². The van der Waals surface area contributed by atoms with Crippen molar-refractivity contribution < 1.29 is 28.2 Å². The largest absolute Gasteiger partial charge is 0.487 e. The summed E-state index contributed by atoms with van der Waals surface area (Å²) >= 11 is 0. The smallest absolute Gasteiger partial charge is 0.416 e. The molecule has 1 fully saturated rings. The van der Waals surface area contributed by atoms with Crippen LogP contribution >= 0.6 is 0 Å². The van der Waals surface area contributed by atoms with Crippen LogP contribution in [-0.2, 0) is 16.6 Å². The summed E-state index contributed by atoms with van der Waals surface area (Å²) in [5.74, 6) is -0.464. The molecule has 1 atom stereocenters. The Morgan fingerprint density at radius 3 is 2.94 bits per heavy atom. The van der Waals surface area contributed by atoms with Crippen molar-refractivity contribution in [3.8, 4) is 11.6 Å². The lowest BCUT2D eigenvalue weighted by molar-refractivity contribution is -0.118. The van der Waals surface area contributed by atoms with Gasteiger partial charge in [-0.25, -0.2) is 24.1 Å². The van der Waals surface area contributed by atoms with E-state index in [4.69, 9.17) is 14.2 Å². The molecule has 2 amide bonds. The zero-order chi connectivity index (χ0) is 25.4. The number of rotatable bonds is 7. The topological polar surface area (TPSA) is 150 Å². The Labute approximate surface area is 203 Å². The normalized spacial score (nSPS) is 17.0. The van der Waals surface area contributed by atoms with Gasteiger partial charge in [0.25, 0.3) is 17.3 Å². The van der Waals surface area contributed by atoms with Gasteiger partial charge in [-0.1, -0.05) is 0 Å². The van der Waals surface area contributed by atoms with Gasteiger partial charge in [-0.15, -0.1) is 0 Å². The molecule has 13 nitrogen and oxygen atoms in total. The maximum Gasteiger partial charge on any atom is 0.416 e. The van der Waals surface area contributed by atoms with Gasteiger partial charge >= 0.3 is 6.09 Å². The van der Waals surface area contributed by atoms with Crippen molar-refractivity contribution in [1.29, 1.82) is 0 Å². The molecule has 0 unspecified atom stereocenters. The zero-order valence-corrected chi connectivity index (χ0v) is 19.4. The van der Waals surface area contributed by atoms with Crippen molar-refractivity contribution in [2.24, 2.45) is 7.05 Å². The number of aryl methyl sites for hydroxylation is 2. The highest BCUT2D eigenvalue weighted by molar-refractivity contribution is 5.94. The summed E-state index contributed by atoms with van der Waals surface area (Å²) in [7, 11) is 1.53. The van der Waals surface area contributed by atoms with Crippen LogP contribution in [-0.4, -0.2) is 70.5 Å². The first kappa shape index (κ1) is 23.4. The first-order chi connectivity index (χ1) is 17.3. The fourth-order valence-corrected chi connectivity index (χ4v) is 3.95. The number of fused-ring (bicyclic) bond motifs is 2. The van der Waals surface area contributed by atoms with E-state index in [0.29, 0.717) is 24.2 Å². The van der Waals surface area contributed by atoms with E-state index in [1.807, 2.05) is 0 Å². The number of carbonyl (C=O) groups is 2. The Balaban J connectivity index is 1.17. The van der Waals surface area contributed by atoms with Crippen molar-refractivity contribution in [3.63, 3.8) is 0 Å². The lowest BCUT2D eigenvalue weighted by Crippen LogP contribution is -2.33. The van der Waals surface area contributed by atoms with Crippen LogP contribution in [0.25, 0.3) is 11.0 Å². The number of benzene rings is 1. The summed E-state index contributed by atoms with van der Waals surface area (Å²) in [6.07, 6.45) is 1.47. The van der Waals surface area contributed by atoms with E-state index in [1.165, 1.54) is 35.0 Å². The molecule has 0 bridgehead atoms. The molecule has 1 aromatic carbocycles. The monoisotopic (exact) mass is 499 g/mol. The van der Waals surface area contributed by atoms with E-state index in [2.05, 4.69) is 25.6 Å². The Morgan fingerprint density at radius 2 is 2.11 bits per heavy atom. The second-order valence-corrected chi connectivity index (χ2v) is 8.24. The number of nitrogens with zero attached hydrogens (tertiary/aromatic N) is 5. The number of amides is 2. The molecule has 36 heavy (non-hydrogen) atoms. The van der Waals surface area contributed by atoms with Crippen molar-refractivity contribution in [3.05, 3.63) is 40.2 Å². The molecule has 4 heterocycles. The molecule has 14 heteroatoms.